The molecule has 0 unspecified atom stereocenters. The molecule has 4 rings (SSSR count). The number of amides is 1. The molecule has 22 heavy (non-hydrogen) atoms. The molecular formula is C15H17N3O4. The van der Waals surface area contributed by atoms with E-state index in [1.807, 2.05) is 0 Å². The van der Waals surface area contributed by atoms with Gasteiger partial charge in [0.15, 0.2) is 5.76 Å². The first-order valence-corrected chi connectivity index (χ1v) is 7.49. The molecule has 0 aliphatic carbocycles. The first-order chi connectivity index (χ1) is 10.7. The molecule has 2 aromatic heterocycles. The molecule has 7 nitrogen and oxygen atoms in total. The topological polar surface area (TPSA) is 81.6 Å². The first-order valence-electron chi connectivity index (χ1n) is 7.49. The minimum absolute atomic E-state index is 0.0245. The Morgan fingerprint density at radius 2 is 2.36 bits per heavy atom. The molecule has 0 N–H and O–H groups in total. The van der Waals surface area contributed by atoms with E-state index in [2.05, 4.69) is 10.1 Å². The number of carbonyl (C=O) groups excluding carboxylic acids is 1. The second kappa shape index (κ2) is 5.24. The van der Waals surface area contributed by atoms with Crippen molar-refractivity contribution in [3.05, 3.63) is 35.9 Å². The average Bonchev–Trinajstić information content (AvgIpc) is 3.25. The molecule has 116 valence electrons. The van der Waals surface area contributed by atoms with Gasteiger partial charge in [-0.15, -0.1) is 0 Å². The second-order valence-corrected chi connectivity index (χ2v) is 5.85. The van der Waals surface area contributed by atoms with E-state index >= 15 is 0 Å². The van der Waals surface area contributed by atoms with Crippen molar-refractivity contribution in [3.8, 4) is 0 Å². The van der Waals surface area contributed by atoms with Gasteiger partial charge < -0.3 is 18.6 Å². The number of furan rings is 1. The number of ether oxygens (including phenoxy) is 1. The van der Waals surface area contributed by atoms with Crippen molar-refractivity contribution in [1.82, 2.24) is 15.0 Å². The van der Waals surface area contributed by atoms with Crippen molar-refractivity contribution in [2.24, 2.45) is 5.92 Å². The van der Waals surface area contributed by atoms with Gasteiger partial charge in [0, 0.05) is 20.0 Å². The van der Waals surface area contributed by atoms with Gasteiger partial charge in [0.2, 0.25) is 11.7 Å². The lowest BCUT2D eigenvalue weighted by Gasteiger charge is -2.33. The summed E-state index contributed by atoms with van der Waals surface area (Å²) in [5.41, 5.74) is 0. The molecular weight excluding hydrogens is 286 g/mol. The Morgan fingerprint density at radius 3 is 3.09 bits per heavy atom. The fourth-order valence-electron chi connectivity index (χ4n) is 3.28. The number of hydrogen-bond acceptors (Lipinski definition) is 6. The van der Waals surface area contributed by atoms with Gasteiger partial charge in [0.05, 0.1) is 12.4 Å². The van der Waals surface area contributed by atoms with Gasteiger partial charge in [-0.1, -0.05) is 5.16 Å². The van der Waals surface area contributed by atoms with Gasteiger partial charge in [-0.2, -0.15) is 4.98 Å². The normalized spacial score (nSPS) is 27.9. The van der Waals surface area contributed by atoms with E-state index in [-0.39, 0.29) is 18.1 Å². The highest BCUT2D eigenvalue weighted by atomic mass is 16.5. The molecule has 1 amide bonds. The Hall–Kier alpha value is -2.15. The average molecular weight is 303 g/mol. The van der Waals surface area contributed by atoms with Gasteiger partial charge in [-0.3, -0.25) is 4.79 Å². The predicted octanol–water partition coefficient (Wildman–Crippen LogP) is 1.96. The first kappa shape index (κ1) is 13.5. The highest BCUT2D eigenvalue weighted by molar-refractivity contribution is 5.91. The van der Waals surface area contributed by atoms with E-state index in [0.717, 1.165) is 19.4 Å². The SMILES string of the molecule is Cc1nc([C@@H]2C[C@@H]3CCN(C(=O)c4ccco4)C[C@H]3O2)no1. The molecule has 0 saturated carbocycles. The number of hydrogen-bond donors (Lipinski definition) is 0. The number of carbonyl (C=O) groups is 1. The summed E-state index contributed by atoms with van der Waals surface area (Å²) in [6.45, 7) is 3.07. The Balaban J connectivity index is 1.44. The zero-order chi connectivity index (χ0) is 15.1. The van der Waals surface area contributed by atoms with Crippen LogP contribution in [0.3, 0.4) is 0 Å². The van der Waals surface area contributed by atoms with Crippen molar-refractivity contribution in [1.29, 1.82) is 0 Å². The summed E-state index contributed by atoms with van der Waals surface area (Å²) >= 11 is 0. The van der Waals surface area contributed by atoms with Crippen molar-refractivity contribution in [2.75, 3.05) is 13.1 Å². The Morgan fingerprint density at radius 1 is 1.45 bits per heavy atom. The van der Waals surface area contributed by atoms with Gasteiger partial charge >= 0.3 is 0 Å². The third-order valence-electron chi connectivity index (χ3n) is 4.40. The standard InChI is InChI=1S/C15H17N3O4/c1-9-16-14(17-22-9)12-7-10-4-5-18(8-13(10)21-12)15(19)11-3-2-6-20-11/h2-3,6,10,12-13H,4-5,7-8H2,1H3/t10-,12-,13+/m0/s1. The number of nitrogens with zero attached hydrogens (tertiary/aromatic N) is 3. The van der Waals surface area contributed by atoms with E-state index in [4.69, 9.17) is 13.7 Å². The fraction of sp³-hybridized carbons (Fsp3) is 0.533. The van der Waals surface area contributed by atoms with E-state index < -0.39 is 0 Å². The van der Waals surface area contributed by atoms with Crippen LogP contribution in [-0.4, -0.2) is 40.1 Å². The molecule has 2 fully saturated rings. The van der Waals surface area contributed by atoms with Crippen LogP contribution in [0.15, 0.2) is 27.3 Å². The van der Waals surface area contributed by atoms with E-state index in [0.29, 0.717) is 29.9 Å². The molecule has 4 heterocycles. The van der Waals surface area contributed by atoms with Crippen LogP contribution in [-0.2, 0) is 4.74 Å². The lowest BCUT2D eigenvalue weighted by atomic mass is 9.91. The van der Waals surface area contributed by atoms with Gasteiger partial charge in [-0.25, -0.2) is 0 Å². The molecule has 0 aromatic carbocycles. The number of likely N-dealkylation sites (tertiary alicyclic amines) is 1. The van der Waals surface area contributed by atoms with Crippen LogP contribution in [0.5, 0.6) is 0 Å². The zero-order valence-corrected chi connectivity index (χ0v) is 12.3. The quantitative estimate of drug-likeness (QED) is 0.843. The number of aryl methyl sites for hydroxylation is 1. The summed E-state index contributed by atoms with van der Waals surface area (Å²) in [6.07, 6.45) is 3.21. The van der Waals surface area contributed by atoms with Gasteiger partial charge in [-0.05, 0) is 30.9 Å². The molecule has 2 aliphatic rings. The highest BCUT2D eigenvalue weighted by Gasteiger charge is 2.42. The number of fused-ring (bicyclic) bond motifs is 1. The van der Waals surface area contributed by atoms with Crippen LogP contribution >= 0.6 is 0 Å². The van der Waals surface area contributed by atoms with Crippen molar-refractivity contribution >= 4 is 5.91 Å². The maximum Gasteiger partial charge on any atom is 0.289 e. The summed E-state index contributed by atoms with van der Waals surface area (Å²) in [5, 5.41) is 3.94. The highest BCUT2D eigenvalue weighted by Crippen LogP contribution is 2.40. The summed E-state index contributed by atoms with van der Waals surface area (Å²) in [4.78, 5) is 18.4. The molecule has 3 atom stereocenters. The Bertz CT molecular complexity index is 666. The molecule has 2 aromatic rings. The van der Waals surface area contributed by atoms with Gasteiger partial charge in [0.25, 0.3) is 5.91 Å². The molecule has 0 radical (unpaired) electrons. The summed E-state index contributed by atoms with van der Waals surface area (Å²) in [6, 6.07) is 3.41. The lowest BCUT2D eigenvalue weighted by molar-refractivity contribution is -0.00823. The molecule has 2 aliphatic heterocycles. The minimum Gasteiger partial charge on any atom is -0.459 e. The molecule has 7 heteroatoms. The van der Waals surface area contributed by atoms with Crippen LogP contribution in [0.2, 0.25) is 0 Å². The number of aromatic nitrogens is 2. The Labute approximate surface area is 127 Å². The predicted molar refractivity (Wildman–Crippen MR) is 74.0 cm³/mol. The van der Waals surface area contributed by atoms with Crippen LogP contribution in [0, 0.1) is 12.8 Å². The second-order valence-electron chi connectivity index (χ2n) is 5.85. The summed E-state index contributed by atoms with van der Waals surface area (Å²) in [7, 11) is 0. The third kappa shape index (κ3) is 2.31. The number of rotatable bonds is 2. The van der Waals surface area contributed by atoms with Crippen LogP contribution < -0.4 is 0 Å². The molecule has 2 saturated heterocycles. The monoisotopic (exact) mass is 303 g/mol. The van der Waals surface area contributed by atoms with Crippen LogP contribution in [0.25, 0.3) is 0 Å². The van der Waals surface area contributed by atoms with Crippen molar-refractivity contribution < 1.29 is 18.5 Å². The maximum absolute atomic E-state index is 12.3. The van der Waals surface area contributed by atoms with Crippen LogP contribution in [0.1, 0.15) is 41.2 Å². The summed E-state index contributed by atoms with van der Waals surface area (Å²) in [5.74, 6) is 1.89. The zero-order valence-electron chi connectivity index (χ0n) is 12.3. The third-order valence-corrected chi connectivity index (χ3v) is 4.40. The van der Waals surface area contributed by atoms with E-state index in [9.17, 15) is 4.79 Å². The van der Waals surface area contributed by atoms with Crippen molar-refractivity contribution in [3.63, 3.8) is 0 Å². The molecule has 0 bridgehead atoms. The number of piperidine rings is 1. The summed E-state index contributed by atoms with van der Waals surface area (Å²) < 4.78 is 16.3. The Kier molecular flexibility index (Phi) is 3.22. The fourth-order valence-corrected chi connectivity index (χ4v) is 3.28. The van der Waals surface area contributed by atoms with E-state index in [1.54, 1.807) is 24.0 Å². The van der Waals surface area contributed by atoms with Crippen molar-refractivity contribution in [2.45, 2.75) is 32.0 Å². The molecule has 0 spiro atoms. The smallest absolute Gasteiger partial charge is 0.289 e. The van der Waals surface area contributed by atoms with E-state index in [1.165, 1.54) is 6.26 Å². The maximum atomic E-state index is 12.3. The lowest BCUT2D eigenvalue weighted by Crippen LogP contribution is -2.45. The minimum atomic E-state index is -0.133. The van der Waals surface area contributed by atoms with Crippen LogP contribution in [0.4, 0.5) is 0 Å². The largest absolute Gasteiger partial charge is 0.459 e. The van der Waals surface area contributed by atoms with Gasteiger partial charge in [0.1, 0.15) is 6.10 Å².